The van der Waals surface area contributed by atoms with Crippen molar-refractivity contribution in [2.45, 2.75) is 12.3 Å². The molecule has 0 fully saturated rings. The molecule has 1 aliphatic rings. The fraction of sp³-hybridized carbons (Fsp3) is 0.0392. The lowest BCUT2D eigenvalue weighted by Crippen LogP contribution is -2.44. The van der Waals surface area contributed by atoms with E-state index in [0.29, 0.717) is 0 Å². The highest BCUT2D eigenvalue weighted by Crippen LogP contribution is 2.39. The van der Waals surface area contributed by atoms with Crippen molar-refractivity contribution >= 4 is 71.5 Å². The maximum Gasteiger partial charge on any atom is 0.137 e. The quantitative estimate of drug-likeness (QED) is 0.185. The average molecular weight is 735 g/mol. The Labute approximate surface area is 327 Å². The summed E-state index contributed by atoms with van der Waals surface area (Å²) in [7, 11) is 0. The Morgan fingerprint density at radius 2 is 1.02 bits per heavy atom. The number of para-hydroxylation sites is 2. The number of benzene rings is 8. The highest BCUT2D eigenvalue weighted by Gasteiger charge is 2.26. The highest BCUT2D eigenvalue weighted by atomic mass is 16.3. The number of hydrogen-bond acceptors (Lipinski definition) is 5. The molecule has 12 rings (SSSR count). The van der Waals surface area contributed by atoms with E-state index < -0.39 is 0 Å². The lowest BCUT2D eigenvalue weighted by Gasteiger charge is -2.32. The minimum Gasteiger partial charge on any atom is -0.456 e. The Bertz CT molecular complexity index is 3320. The van der Waals surface area contributed by atoms with Crippen LogP contribution in [-0.4, -0.2) is 10.4 Å². The van der Waals surface area contributed by atoms with E-state index in [-0.39, 0.29) is 12.3 Å². The predicted octanol–water partition coefficient (Wildman–Crippen LogP) is 12.6. The molecule has 11 aromatic rings. The summed E-state index contributed by atoms with van der Waals surface area (Å²) in [5.41, 5.74) is 12.3. The zero-order valence-electron chi connectivity index (χ0n) is 30.7. The van der Waals surface area contributed by atoms with Gasteiger partial charge in [0.2, 0.25) is 0 Å². The fourth-order valence-corrected chi connectivity index (χ4v) is 8.72. The Kier molecular flexibility index (Phi) is 7.03. The van der Waals surface area contributed by atoms with Gasteiger partial charge in [-0.3, -0.25) is 5.32 Å². The maximum absolute atomic E-state index is 6.61. The third-order valence-corrected chi connectivity index (χ3v) is 11.5. The van der Waals surface area contributed by atoms with Crippen molar-refractivity contribution in [2.24, 2.45) is 4.99 Å². The molecule has 1 aliphatic heterocycles. The van der Waals surface area contributed by atoms with Crippen molar-refractivity contribution in [1.82, 2.24) is 15.2 Å². The number of hydrogen-bond donors (Lipinski definition) is 2. The van der Waals surface area contributed by atoms with Crippen molar-refractivity contribution in [3.63, 3.8) is 0 Å². The molecule has 0 saturated heterocycles. The standard InChI is InChI=1S/C51H34N4O2/c1-3-11-31(12-4-1)49-52-50(32-13-5-2-6-14-32)54-51(53-49)35-20-24-40-39-23-19-34(28-46(39)57-47(40)29-35)33-21-26-45-42(27-33)41-25-22-36(30-48(41)56-45)55-43-17-9-7-15-37(43)38-16-8-10-18-44(38)55/h1-30,49,51,53H,(H,52,54). The summed E-state index contributed by atoms with van der Waals surface area (Å²) < 4.78 is 15.4. The smallest absolute Gasteiger partial charge is 0.137 e. The largest absolute Gasteiger partial charge is 0.456 e. The summed E-state index contributed by atoms with van der Waals surface area (Å²) in [6.07, 6.45) is -0.376. The van der Waals surface area contributed by atoms with Gasteiger partial charge in [0.25, 0.3) is 0 Å². The van der Waals surface area contributed by atoms with Crippen molar-refractivity contribution < 1.29 is 8.83 Å². The molecule has 3 aromatic heterocycles. The normalized spacial score (nSPS) is 15.9. The molecule has 2 atom stereocenters. The summed E-state index contributed by atoms with van der Waals surface area (Å²) in [5.74, 6) is 0.855. The number of amidine groups is 1. The van der Waals surface area contributed by atoms with E-state index in [9.17, 15) is 0 Å². The first-order valence-corrected chi connectivity index (χ1v) is 19.3. The molecule has 270 valence electrons. The van der Waals surface area contributed by atoms with E-state index in [2.05, 4.69) is 173 Å². The lowest BCUT2D eigenvalue weighted by molar-refractivity contribution is 0.409. The van der Waals surface area contributed by atoms with Crippen molar-refractivity contribution in [2.75, 3.05) is 0 Å². The molecule has 4 heterocycles. The third kappa shape index (κ3) is 5.19. The van der Waals surface area contributed by atoms with E-state index in [1.54, 1.807) is 0 Å². The van der Waals surface area contributed by atoms with Gasteiger partial charge in [-0.05, 0) is 76.9 Å². The van der Waals surface area contributed by atoms with Crippen LogP contribution in [0.4, 0.5) is 0 Å². The molecule has 0 amide bonds. The molecule has 6 heteroatoms. The zero-order valence-corrected chi connectivity index (χ0v) is 30.7. The van der Waals surface area contributed by atoms with Gasteiger partial charge in [0.15, 0.2) is 0 Å². The van der Waals surface area contributed by atoms with Crippen LogP contribution in [0.25, 0.3) is 82.5 Å². The summed E-state index contributed by atoms with van der Waals surface area (Å²) in [5, 5.41) is 14.2. The Morgan fingerprint density at radius 3 is 1.81 bits per heavy atom. The second kappa shape index (κ2) is 12.6. The molecule has 2 unspecified atom stereocenters. The molecule has 8 aromatic carbocycles. The van der Waals surface area contributed by atoms with E-state index in [1.807, 2.05) is 24.3 Å². The van der Waals surface area contributed by atoms with Gasteiger partial charge >= 0.3 is 0 Å². The predicted molar refractivity (Wildman–Crippen MR) is 232 cm³/mol. The molecule has 0 saturated carbocycles. The van der Waals surface area contributed by atoms with E-state index in [4.69, 9.17) is 13.8 Å². The van der Waals surface area contributed by atoms with Crippen LogP contribution in [0.2, 0.25) is 0 Å². The summed E-state index contributed by atoms with van der Waals surface area (Å²) in [6.45, 7) is 0. The molecule has 0 bridgehead atoms. The Morgan fingerprint density at radius 1 is 0.421 bits per heavy atom. The minimum atomic E-state index is -0.269. The van der Waals surface area contributed by atoms with Gasteiger partial charge in [-0.1, -0.05) is 121 Å². The molecule has 0 spiro atoms. The van der Waals surface area contributed by atoms with Crippen LogP contribution < -0.4 is 10.6 Å². The second-order valence-electron chi connectivity index (χ2n) is 14.8. The summed E-state index contributed by atoms with van der Waals surface area (Å²) in [4.78, 5) is 5.14. The first-order valence-electron chi connectivity index (χ1n) is 19.3. The third-order valence-electron chi connectivity index (χ3n) is 11.5. The highest BCUT2D eigenvalue weighted by molar-refractivity contribution is 6.11. The van der Waals surface area contributed by atoms with Crippen LogP contribution in [0.1, 0.15) is 29.0 Å². The molecular formula is C51H34N4O2. The van der Waals surface area contributed by atoms with Crippen LogP contribution in [0.15, 0.2) is 196 Å². The van der Waals surface area contributed by atoms with Crippen LogP contribution in [0.5, 0.6) is 0 Å². The SMILES string of the molecule is c1ccc(C2=NC(c3ccc4c(c3)oc3cc(-c5ccc6oc7cc(-n8c9ccccc9c9ccccc98)ccc7c6c5)ccc34)NC(c3ccccc3)N2)cc1. The van der Waals surface area contributed by atoms with Gasteiger partial charge in [-0.25, -0.2) is 4.99 Å². The maximum atomic E-state index is 6.61. The van der Waals surface area contributed by atoms with Crippen molar-refractivity contribution in [1.29, 1.82) is 0 Å². The van der Waals surface area contributed by atoms with Crippen LogP contribution in [-0.2, 0) is 0 Å². The molecule has 6 nitrogen and oxygen atoms in total. The van der Waals surface area contributed by atoms with E-state index >= 15 is 0 Å². The first-order chi connectivity index (χ1) is 28.2. The number of nitrogens with one attached hydrogen (secondary N) is 2. The zero-order chi connectivity index (χ0) is 37.5. The van der Waals surface area contributed by atoms with Gasteiger partial charge < -0.3 is 18.7 Å². The minimum absolute atomic E-state index is 0.107. The lowest BCUT2D eigenvalue weighted by atomic mass is 10.0. The Balaban J connectivity index is 0.898. The molecular weight excluding hydrogens is 701 g/mol. The van der Waals surface area contributed by atoms with Gasteiger partial charge in [0.05, 0.1) is 11.0 Å². The number of furan rings is 2. The van der Waals surface area contributed by atoms with Gasteiger partial charge in [-0.2, -0.15) is 0 Å². The topological polar surface area (TPSA) is 67.6 Å². The van der Waals surface area contributed by atoms with Crippen LogP contribution >= 0.6 is 0 Å². The van der Waals surface area contributed by atoms with Gasteiger partial charge in [0, 0.05) is 49.6 Å². The number of nitrogens with zero attached hydrogens (tertiary/aromatic N) is 2. The molecule has 2 N–H and O–H groups in total. The van der Waals surface area contributed by atoms with Gasteiger partial charge in [0.1, 0.15) is 40.5 Å². The van der Waals surface area contributed by atoms with Crippen LogP contribution in [0.3, 0.4) is 0 Å². The monoisotopic (exact) mass is 734 g/mol. The van der Waals surface area contributed by atoms with E-state index in [1.165, 1.54) is 21.8 Å². The average Bonchev–Trinajstić information content (AvgIpc) is 3.95. The fourth-order valence-electron chi connectivity index (χ4n) is 8.72. The number of rotatable bonds is 5. The van der Waals surface area contributed by atoms with Crippen molar-refractivity contribution in [3.05, 3.63) is 199 Å². The first kappa shape index (κ1) is 31.9. The van der Waals surface area contributed by atoms with Crippen molar-refractivity contribution in [3.8, 4) is 16.8 Å². The Hall–Kier alpha value is -7.41. The second-order valence-corrected chi connectivity index (χ2v) is 14.8. The van der Waals surface area contributed by atoms with E-state index in [0.717, 1.165) is 83.2 Å². The number of aliphatic imine (C=N–C) groups is 1. The van der Waals surface area contributed by atoms with Gasteiger partial charge in [-0.15, -0.1) is 0 Å². The number of fused-ring (bicyclic) bond motifs is 9. The molecule has 57 heavy (non-hydrogen) atoms. The van der Waals surface area contributed by atoms with Crippen LogP contribution in [0, 0.1) is 0 Å². The molecule has 0 aliphatic carbocycles. The summed E-state index contributed by atoms with van der Waals surface area (Å²) in [6, 6.07) is 63.9. The number of aromatic nitrogens is 1. The summed E-state index contributed by atoms with van der Waals surface area (Å²) >= 11 is 0. The molecule has 0 radical (unpaired) electrons.